The van der Waals surface area contributed by atoms with Crippen LogP contribution in [0.4, 0.5) is 0 Å². The lowest BCUT2D eigenvalue weighted by molar-refractivity contribution is -0.134. The number of benzene rings is 1. The molecule has 0 spiro atoms. The minimum Gasteiger partial charge on any atom is -0.478 e. The lowest BCUT2D eigenvalue weighted by Gasteiger charge is -2.39. The molecule has 2 heterocycles. The normalized spacial score (nSPS) is 17.8. The summed E-state index contributed by atoms with van der Waals surface area (Å²) >= 11 is 0. The van der Waals surface area contributed by atoms with E-state index in [0.717, 1.165) is 23.5 Å². The number of rotatable bonds is 7. The van der Waals surface area contributed by atoms with Crippen molar-refractivity contribution in [3.05, 3.63) is 42.1 Å². The summed E-state index contributed by atoms with van der Waals surface area (Å²) in [5, 5.41) is 24.5. The topological polar surface area (TPSA) is 125 Å². The fourth-order valence-electron chi connectivity index (χ4n) is 4.95. The highest BCUT2D eigenvalue weighted by molar-refractivity contribution is 6.05. The van der Waals surface area contributed by atoms with Crippen molar-refractivity contribution in [2.24, 2.45) is 5.92 Å². The quantitative estimate of drug-likeness (QED) is 0.491. The lowest BCUT2D eigenvalue weighted by atomic mass is 9.90. The number of nitrogens with one attached hydrogen (secondary N) is 1. The zero-order chi connectivity index (χ0) is 26.1. The molecular weight excluding hydrogens is 460 g/mol. The Hall–Kier alpha value is -3.20. The van der Waals surface area contributed by atoms with Gasteiger partial charge in [0.1, 0.15) is 5.52 Å². The van der Waals surface area contributed by atoms with Crippen LogP contribution in [0.15, 0.2) is 36.5 Å². The van der Waals surface area contributed by atoms with Gasteiger partial charge >= 0.3 is 11.9 Å². The molecule has 4 rings (SSSR count). The van der Waals surface area contributed by atoms with Gasteiger partial charge in [-0.3, -0.25) is 9.48 Å². The van der Waals surface area contributed by atoms with Crippen LogP contribution in [-0.4, -0.2) is 68.4 Å². The predicted octanol–water partition coefficient (Wildman–Crippen LogP) is 4.10. The highest BCUT2D eigenvalue weighted by Gasteiger charge is 2.26. The predicted molar refractivity (Wildman–Crippen MR) is 138 cm³/mol. The van der Waals surface area contributed by atoms with E-state index < -0.39 is 11.9 Å². The van der Waals surface area contributed by atoms with Crippen molar-refractivity contribution in [2.45, 2.75) is 70.9 Å². The number of carbonyl (C=O) groups is 3. The molecule has 36 heavy (non-hydrogen) atoms. The summed E-state index contributed by atoms with van der Waals surface area (Å²) < 4.78 is 1.93. The highest BCUT2D eigenvalue weighted by Crippen LogP contribution is 2.27. The number of fused-ring (bicyclic) bond motifs is 1. The Kier molecular flexibility index (Phi) is 10.0. The molecule has 1 aromatic heterocycles. The number of hydrogen-bond donors (Lipinski definition) is 3. The second-order valence-electron chi connectivity index (χ2n) is 9.94. The summed E-state index contributed by atoms with van der Waals surface area (Å²) in [4.78, 5) is 34.6. The molecule has 0 radical (unpaired) electrons. The molecule has 0 bridgehead atoms. The fourth-order valence-corrected chi connectivity index (χ4v) is 4.95. The molecule has 1 saturated heterocycles. The van der Waals surface area contributed by atoms with Gasteiger partial charge in [-0.1, -0.05) is 31.4 Å². The molecule has 9 nitrogen and oxygen atoms in total. The molecule has 2 aliphatic rings. The number of nitrogens with zero attached hydrogens (tertiary/aromatic N) is 3. The van der Waals surface area contributed by atoms with Gasteiger partial charge in [-0.25, -0.2) is 9.59 Å². The van der Waals surface area contributed by atoms with Gasteiger partial charge < -0.3 is 20.4 Å². The van der Waals surface area contributed by atoms with Crippen LogP contribution < -0.4 is 5.32 Å². The molecule has 2 aromatic rings. The summed E-state index contributed by atoms with van der Waals surface area (Å²) in [7, 11) is 0. The van der Waals surface area contributed by atoms with Gasteiger partial charge in [0.25, 0.3) is 5.91 Å². The minimum absolute atomic E-state index is 0.00863. The first-order valence-corrected chi connectivity index (χ1v) is 12.9. The van der Waals surface area contributed by atoms with Crippen LogP contribution >= 0.6 is 0 Å². The van der Waals surface area contributed by atoms with Gasteiger partial charge in [0, 0.05) is 42.4 Å². The number of carboxylic acids is 2. The summed E-state index contributed by atoms with van der Waals surface area (Å²) in [6.45, 7) is 7.37. The van der Waals surface area contributed by atoms with E-state index in [1.165, 1.54) is 58.0 Å². The first-order chi connectivity index (χ1) is 17.2. The molecule has 1 amide bonds. The number of amides is 1. The van der Waals surface area contributed by atoms with Crippen LogP contribution in [0.3, 0.4) is 0 Å². The molecular formula is C27H38N4O5. The number of hydrogen-bond acceptors (Lipinski definition) is 5. The second-order valence-corrected chi connectivity index (χ2v) is 9.94. The van der Waals surface area contributed by atoms with Gasteiger partial charge in [0.05, 0.1) is 5.56 Å². The van der Waals surface area contributed by atoms with Crippen molar-refractivity contribution in [2.75, 3.05) is 19.6 Å². The zero-order valence-corrected chi connectivity index (χ0v) is 21.2. The van der Waals surface area contributed by atoms with E-state index in [-0.39, 0.29) is 11.9 Å². The smallest absolute Gasteiger partial charge is 0.328 e. The van der Waals surface area contributed by atoms with Gasteiger partial charge in [0.2, 0.25) is 0 Å². The van der Waals surface area contributed by atoms with E-state index in [9.17, 15) is 14.4 Å². The third kappa shape index (κ3) is 7.91. The Balaban J connectivity index is 0.000000392. The van der Waals surface area contributed by atoms with Crippen LogP contribution in [0.25, 0.3) is 10.9 Å². The standard InChI is InChI=1S/C23H34N4O.C4H4O4/c1-17(2)27-16-19-7-6-10-21(22(19)25-27)23(28)24-15-18-11-13-26(14-12-18)20-8-4-3-5-9-20;5-3(6)1-2-4(7)8/h6-7,10,16-18,20H,3-5,8-9,11-15H2,1-2H3,(H,24,28);1-2H,(H,5,6)(H,7,8). The largest absolute Gasteiger partial charge is 0.478 e. The Morgan fingerprint density at radius 3 is 2.25 bits per heavy atom. The molecule has 1 aromatic carbocycles. The van der Waals surface area contributed by atoms with E-state index in [2.05, 4.69) is 29.2 Å². The van der Waals surface area contributed by atoms with E-state index in [0.29, 0.717) is 23.6 Å². The van der Waals surface area contributed by atoms with E-state index >= 15 is 0 Å². The molecule has 0 unspecified atom stereocenters. The SMILES string of the molecule is CC(C)n1cc2cccc(C(=O)NCC3CCN(C4CCCCC4)CC3)c2n1.O=C(O)C=CC(=O)O. The van der Waals surface area contributed by atoms with Crippen molar-refractivity contribution < 1.29 is 24.6 Å². The summed E-state index contributed by atoms with van der Waals surface area (Å²) in [6.07, 6.45) is 12.5. The number of aromatic nitrogens is 2. The first kappa shape index (κ1) is 27.4. The number of aliphatic carboxylic acids is 2. The maximum Gasteiger partial charge on any atom is 0.328 e. The average molecular weight is 499 g/mol. The third-order valence-corrected chi connectivity index (χ3v) is 6.99. The van der Waals surface area contributed by atoms with Gasteiger partial charge in [-0.2, -0.15) is 5.10 Å². The zero-order valence-electron chi connectivity index (χ0n) is 21.2. The number of likely N-dealkylation sites (tertiary alicyclic amines) is 1. The summed E-state index contributed by atoms with van der Waals surface area (Å²) in [5.74, 6) is -1.91. The van der Waals surface area contributed by atoms with Crippen LogP contribution in [0.5, 0.6) is 0 Å². The minimum atomic E-state index is -1.26. The van der Waals surface area contributed by atoms with Crippen molar-refractivity contribution in [1.29, 1.82) is 0 Å². The average Bonchev–Trinajstić information content (AvgIpc) is 3.32. The number of carbonyl (C=O) groups excluding carboxylic acids is 1. The van der Waals surface area contributed by atoms with Gasteiger partial charge in [0.15, 0.2) is 0 Å². The number of piperidine rings is 1. The highest BCUT2D eigenvalue weighted by atomic mass is 16.4. The van der Waals surface area contributed by atoms with Crippen LogP contribution in [0.1, 0.15) is 75.2 Å². The van der Waals surface area contributed by atoms with Crippen LogP contribution in [0, 0.1) is 5.92 Å². The fraction of sp³-hybridized carbons (Fsp3) is 0.556. The first-order valence-electron chi connectivity index (χ1n) is 12.9. The molecule has 9 heteroatoms. The molecule has 1 saturated carbocycles. The van der Waals surface area contributed by atoms with E-state index in [1.807, 2.05) is 29.1 Å². The maximum atomic E-state index is 12.8. The van der Waals surface area contributed by atoms with Crippen molar-refractivity contribution in [3.8, 4) is 0 Å². The molecule has 1 aliphatic heterocycles. The van der Waals surface area contributed by atoms with Gasteiger partial charge in [-0.15, -0.1) is 0 Å². The molecule has 1 aliphatic carbocycles. The molecule has 196 valence electrons. The van der Waals surface area contributed by atoms with Crippen molar-refractivity contribution in [1.82, 2.24) is 20.0 Å². The van der Waals surface area contributed by atoms with Crippen LogP contribution in [-0.2, 0) is 9.59 Å². The monoisotopic (exact) mass is 498 g/mol. The van der Waals surface area contributed by atoms with Crippen LogP contribution in [0.2, 0.25) is 0 Å². The Labute approximate surface area is 212 Å². The third-order valence-electron chi connectivity index (χ3n) is 6.99. The maximum absolute atomic E-state index is 12.8. The molecule has 0 atom stereocenters. The molecule has 3 N–H and O–H groups in total. The van der Waals surface area contributed by atoms with E-state index in [1.54, 1.807) is 0 Å². The second kappa shape index (κ2) is 13.2. The Morgan fingerprint density at radius 1 is 1.03 bits per heavy atom. The Bertz CT molecular complexity index is 1050. The lowest BCUT2D eigenvalue weighted by Crippen LogP contribution is -2.44. The van der Waals surface area contributed by atoms with Gasteiger partial charge in [-0.05, 0) is 64.6 Å². The van der Waals surface area contributed by atoms with E-state index in [4.69, 9.17) is 10.2 Å². The number of carboxylic acid groups (broad SMARTS) is 2. The summed E-state index contributed by atoms with van der Waals surface area (Å²) in [6, 6.07) is 6.97. The van der Waals surface area contributed by atoms with Crippen molar-refractivity contribution >= 4 is 28.7 Å². The Morgan fingerprint density at radius 2 is 1.67 bits per heavy atom. The summed E-state index contributed by atoms with van der Waals surface area (Å²) in [5.41, 5.74) is 1.50. The molecule has 2 fully saturated rings. The van der Waals surface area contributed by atoms with Crippen molar-refractivity contribution in [3.63, 3.8) is 0 Å².